The Morgan fingerprint density at radius 2 is 1.18 bits per heavy atom. The number of aliphatic hydroxyl groups excluding tert-OH is 7. The van der Waals surface area contributed by atoms with Gasteiger partial charge < -0.3 is 77.6 Å². The standard InChI is InChI=1S/C18H36N4O11/c19-2-6-10(25)12(27)13(28)18(30-6)33-16-5(21)1-4(20)15(14(16)29)32-17-11(26)8(22)9(24)7(3-23)31-17/h4-18,23-29H,1-3,19-22H2/t4-,5?,6?,7-,8?,9+,10-,11?,12+,13?,14-,15?,16-,17+,18-/m1/s1. The van der Waals surface area contributed by atoms with Crippen molar-refractivity contribution in [3.63, 3.8) is 0 Å². The molecular weight excluding hydrogens is 448 g/mol. The Hall–Kier alpha value is -0.600. The molecule has 1 saturated carbocycles. The van der Waals surface area contributed by atoms with E-state index in [0.717, 1.165) is 0 Å². The van der Waals surface area contributed by atoms with E-state index in [-0.39, 0.29) is 13.0 Å². The van der Waals surface area contributed by atoms with Crippen LogP contribution in [0.5, 0.6) is 0 Å². The minimum atomic E-state index is -1.66. The van der Waals surface area contributed by atoms with Crippen molar-refractivity contribution in [2.24, 2.45) is 22.9 Å². The normalized spacial score (nSPS) is 53.7. The number of hydrogen-bond acceptors (Lipinski definition) is 15. The number of nitrogens with two attached hydrogens (primary N) is 4. The van der Waals surface area contributed by atoms with Gasteiger partial charge in [0.2, 0.25) is 0 Å². The Balaban J connectivity index is 1.72. The third-order valence-corrected chi connectivity index (χ3v) is 6.48. The van der Waals surface area contributed by atoms with Crippen LogP contribution in [-0.2, 0) is 18.9 Å². The summed E-state index contributed by atoms with van der Waals surface area (Å²) in [5, 5.41) is 70.9. The highest BCUT2D eigenvalue weighted by Crippen LogP contribution is 2.31. The third kappa shape index (κ3) is 5.32. The molecule has 6 unspecified atom stereocenters. The summed E-state index contributed by atoms with van der Waals surface area (Å²) in [7, 11) is 0. The molecule has 15 atom stereocenters. The SMILES string of the molecule is NCC1O[C@H](O[C@@H]2C(N)C[C@@H](N)C(O[C@@H]3O[C@H](CO)[C@H](O)C(N)C3O)[C@H]2O)C(O)[C@@H](O)[C@@H]1O. The molecule has 0 spiro atoms. The maximum Gasteiger partial charge on any atom is 0.187 e. The van der Waals surface area contributed by atoms with E-state index in [9.17, 15) is 35.7 Å². The van der Waals surface area contributed by atoms with E-state index in [1.165, 1.54) is 0 Å². The molecule has 3 fully saturated rings. The monoisotopic (exact) mass is 484 g/mol. The lowest BCUT2D eigenvalue weighted by Gasteiger charge is -2.48. The van der Waals surface area contributed by atoms with Gasteiger partial charge in [0.15, 0.2) is 12.6 Å². The molecule has 2 saturated heterocycles. The first-order chi connectivity index (χ1) is 15.5. The van der Waals surface area contributed by atoms with E-state index in [4.69, 9.17) is 41.9 Å². The Bertz CT molecular complexity index is 584. The predicted molar refractivity (Wildman–Crippen MR) is 108 cm³/mol. The van der Waals surface area contributed by atoms with Crippen molar-refractivity contribution in [2.75, 3.05) is 13.2 Å². The molecule has 15 N–H and O–H groups in total. The van der Waals surface area contributed by atoms with Gasteiger partial charge >= 0.3 is 0 Å². The molecule has 2 heterocycles. The minimum Gasteiger partial charge on any atom is -0.394 e. The number of ether oxygens (including phenoxy) is 4. The lowest BCUT2D eigenvalue weighted by molar-refractivity contribution is -0.332. The van der Waals surface area contributed by atoms with Crippen molar-refractivity contribution in [1.29, 1.82) is 0 Å². The molecule has 194 valence electrons. The Morgan fingerprint density at radius 3 is 1.70 bits per heavy atom. The predicted octanol–water partition coefficient (Wildman–Crippen LogP) is -7.29. The minimum absolute atomic E-state index is 0.0849. The molecule has 1 aliphatic carbocycles. The molecule has 2 aliphatic heterocycles. The van der Waals surface area contributed by atoms with Gasteiger partial charge in [0.1, 0.15) is 61.0 Å². The molecule has 0 aromatic carbocycles. The fourth-order valence-electron chi connectivity index (χ4n) is 4.40. The smallest absolute Gasteiger partial charge is 0.187 e. The average molecular weight is 485 g/mol. The molecule has 15 nitrogen and oxygen atoms in total. The van der Waals surface area contributed by atoms with Crippen LogP contribution in [0.3, 0.4) is 0 Å². The first-order valence-electron chi connectivity index (χ1n) is 10.8. The molecule has 3 aliphatic rings. The lowest BCUT2D eigenvalue weighted by atomic mass is 9.84. The second-order valence-electron chi connectivity index (χ2n) is 8.79. The van der Waals surface area contributed by atoms with Crippen LogP contribution in [-0.4, -0.2) is 141 Å². The number of hydrogen-bond donors (Lipinski definition) is 11. The zero-order valence-corrected chi connectivity index (χ0v) is 17.9. The van der Waals surface area contributed by atoms with E-state index in [2.05, 4.69) is 0 Å². The van der Waals surface area contributed by atoms with Gasteiger partial charge in [0.25, 0.3) is 0 Å². The van der Waals surface area contributed by atoms with Crippen molar-refractivity contribution in [1.82, 2.24) is 0 Å². The van der Waals surface area contributed by atoms with Gasteiger partial charge in [-0.3, -0.25) is 0 Å². The quantitative estimate of drug-likeness (QED) is 0.167. The van der Waals surface area contributed by atoms with Gasteiger partial charge in [-0.25, -0.2) is 0 Å². The van der Waals surface area contributed by atoms with Gasteiger partial charge in [0, 0.05) is 18.6 Å². The van der Waals surface area contributed by atoms with Crippen LogP contribution in [0.1, 0.15) is 6.42 Å². The summed E-state index contributed by atoms with van der Waals surface area (Å²) in [6.07, 6.45) is -16.5. The second-order valence-corrected chi connectivity index (χ2v) is 8.79. The van der Waals surface area contributed by atoms with Crippen LogP contribution in [0.15, 0.2) is 0 Å². The van der Waals surface area contributed by atoms with Crippen LogP contribution < -0.4 is 22.9 Å². The van der Waals surface area contributed by atoms with Gasteiger partial charge in [0.05, 0.1) is 12.6 Å². The maximum atomic E-state index is 10.9. The Morgan fingerprint density at radius 1 is 0.667 bits per heavy atom. The van der Waals surface area contributed by atoms with Crippen LogP contribution in [0.25, 0.3) is 0 Å². The van der Waals surface area contributed by atoms with E-state index in [1.807, 2.05) is 0 Å². The van der Waals surface area contributed by atoms with Crippen molar-refractivity contribution in [3.05, 3.63) is 0 Å². The summed E-state index contributed by atoms with van der Waals surface area (Å²) in [5.74, 6) is 0. The Labute approximate surface area is 189 Å². The highest BCUT2D eigenvalue weighted by Gasteiger charge is 2.51. The van der Waals surface area contributed by atoms with Gasteiger partial charge in [-0.1, -0.05) is 0 Å². The van der Waals surface area contributed by atoms with Gasteiger partial charge in [-0.05, 0) is 6.42 Å². The first-order valence-corrected chi connectivity index (χ1v) is 10.8. The molecule has 0 amide bonds. The summed E-state index contributed by atoms with van der Waals surface area (Å²) in [6.45, 7) is -0.763. The van der Waals surface area contributed by atoms with Crippen LogP contribution in [0.2, 0.25) is 0 Å². The fourth-order valence-corrected chi connectivity index (χ4v) is 4.40. The van der Waals surface area contributed by atoms with Gasteiger partial charge in [-0.2, -0.15) is 0 Å². The molecule has 0 aromatic rings. The number of aliphatic hydroxyl groups is 7. The molecule has 3 rings (SSSR count). The maximum absolute atomic E-state index is 10.9. The van der Waals surface area contributed by atoms with E-state index in [0.29, 0.717) is 0 Å². The zero-order valence-electron chi connectivity index (χ0n) is 17.9. The van der Waals surface area contributed by atoms with E-state index < -0.39 is 98.4 Å². The van der Waals surface area contributed by atoms with Crippen LogP contribution >= 0.6 is 0 Å². The largest absolute Gasteiger partial charge is 0.394 e. The molecular formula is C18H36N4O11. The Kier molecular flexibility index (Phi) is 8.99. The summed E-state index contributed by atoms with van der Waals surface area (Å²) in [5.41, 5.74) is 23.5. The van der Waals surface area contributed by atoms with Crippen molar-refractivity contribution < 1.29 is 54.7 Å². The molecule has 15 heteroatoms. The number of rotatable bonds is 6. The average Bonchev–Trinajstić information content (AvgIpc) is 2.79. The molecule has 0 radical (unpaired) electrons. The summed E-state index contributed by atoms with van der Waals surface area (Å²) < 4.78 is 22.2. The van der Waals surface area contributed by atoms with E-state index >= 15 is 0 Å². The lowest BCUT2D eigenvalue weighted by Crippen LogP contribution is -2.68. The highest BCUT2D eigenvalue weighted by atomic mass is 16.7. The topological polar surface area (TPSA) is 283 Å². The molecule has 0 aromatic heterocycles. The summed E-state index contributed by atoms with van der Waals surface area (Å²) >= 11 is 0. The third-order valence-electron chi connectivity index (χ3n) is 6.48. The summed E-state index contributed by atoms with van der Waals surface area (Å²) in [6, 6.07) is -2.86. The van der Waals surface area contributed by atoms with E-state index in [1.54, 1.807) is 0 Å². The van der Waals surface area contributed by atoms with Crippen LogP contribution in [0.4, 0.5) is 0 Å². The highest BCUT2D eigenvalue weighted by molar-refractivity contribution is 5.01. The van der Waals surface area contributed by atoms with Crippen molar-refractivity contribution in [3.8, 4) is 0 Å². The van der Waals surface area contributed by atoms with Crippen molar-refractivity contribution >= 4 is 0 Å². The van der Waals surface area contributed by atoms with Gasteiger partial charge in [-0.15, -0.1) is 0 Å². The van der Waals surface area contributed by atoms with Crippen molar-refractivity contribution in [2.45, 2.75) is 98.2 Å². The summed E-state index contributed by atoms with van der Waals surface area (Å²) in [4.78, 5) is 0. The molecule has 0 bridgehead atoms. The van der Waals surface area contributed by atoms with Crippen LogP contribution in [0, 0.1) is 0 Å². The molecule has 33 heavy (non-hydrogen) atoms. The zero-order chi connectivity index (χ0) is 24.6. The second kappa shape index (κ2) is 11.0. The fraction of sp³-hybridized carbons (Fsp3) is 1.00. The first kappa shape index (κ1) is 27.0.